The van der Waals surface area contributed by atoms with Gasteiger partial charge in [-0.25, -0.2) is 0 Å². The topological polar surface area (TPSA) is 0 Å². The van der Waals surface area contributed by atoms with Crippen LogP contribution in [0.2, 0.25) is 0 Å². The molecular weight excluding hydrogens is 300 g/mol. The second-order valence-corrected chi connectivity index (χ2v) is 3.49. The molecule has 1 aromatic rings. The summed E-state index contributed by atoms with van der Waals surface area (Å²) in [5.74, 6) is -0.134. The van der Waals surface area contributed by atoms with Crippen LogP contribution in [0, 0.1) is 5.82 Å². The number of hydrogen-bond acceptors (Lipinski definition) is 0. The van der Waals surface area contributed by atoms with Gasteiger partial charge in [-0.05, 0) is 0 Å². The van der Waals surface area contributed by atoms with Crippen molar-refractivity contribution in [1.29, 1.82) is 0 Å². The van der Waals surface area contributed by atoms with Crippen molar-refractivity contribution in [3.05, 3.63) is 30.1 Å². The van der Waals surface area contributed by atoms with E-state index in [0.717, 1.165) is 28.0 Å². The Balaban J connectivity index is 3.08. The van der Waals surface area contributed by atoms with Crippen LogP contribution in [0.5, 0.6) is 0 Å². The third-order valence-corrected chi connectivity index (χ3v) is 1.89. The normalized spacial score (nSPS) is 9.25. The quantitative estimate of drug-likeness (QED) is 0.617. The van der Waals surface area contributed by atoms with Crippen LogP contribution in [0.4, 0.5) is 4.39 Å². The third-order valence-electron chi connectivity index (χ3n) is 0.808. The summed E-state index contributed by atoms with van der Waals surface area (Å²) in [6, 6.07) is 6.65. The molecule has 1 aromatic carbocycles. The second kappa shape index (κ2) is 2.54. The second-order valence-electron chi connectivity index (χ2n) is 1.48. The summed E-state index contributed by atoms with van der Waals surface area (Å²) in [5, 5.41) is 0. The van der Waals surface area contributed by atoms with Crippen LogP contribution >= 0.6 is 0 Å². The molecule has 0 heterocycles. The van der Waals surface area contributed by atoms with Crippen molar-refractivity contribution in [2.24, 2.45) is 0 Å². The fourth-order valence-electron chi connectivity index (χ4n) is 0.476. The van der Waals surface area contributed by atoms with Gasteiger partial charge in [-0.2, -0.15) is 0 Å². The molecule has 2 radical (unpaired) electrons. The van der Waals surface area contributed by atoms with Crippen molar-refractivity contribution in [3.63, 3.8) is 0 Å². The Labute approximate surface area is 62.6 Å². The van der Waals surface area contributed by atoms with E-state index in [4.69, 9.17) is 0 Å². The first kappa shape index (κ1) is 6.16. The average molecular weight is 304 g/mol. The van der Waals surface area contributed by atoms with Gasteiger partial charge in [0, 0.05) is 0 Å². The van der Waals surface area contributed by atoms with E-state index in [1.165, 1.54) is 6.07 Å². The van der Waals surface area contributed by atoms with E-state index < -0.39 is 0 Å². The molecule has 40 valence electrons. The number of halogens is 1. The first-order chi connectivity index (χ1) is 3.79. The summed E-state index contributed by atoms with van der Waals surface area (Å²) in [6.45, 7) is 0. The minimum absolute atomic E-state index is 0.134. The maximum absolute atomic E-state index is 12.2. The van der Waals surface area contributed by atoms with E-state index in [-0.39, 0.29) is 5.82 Å². The van der Waals surface area contributed by atoms with Crippen LogP contribution < -0.4 is 3.27 Å². The van der Waals surface area contributed by atoms with Gasteiger partial charge in [0.2, 0.25) is 0 Å². The monoisotopic (exact) mass is 304 g/mol. The first-order valence-corrected chi connectivity index (χ1v) is 3.97. The van der Waals surface area contributed by atoms with Crippen LogP contribution in [0.25, 0.3) is 0 Å². The molecule has 0 spiro atoms. The van der Waals surface area contributed by atoms with Gasteiger partial charge in [-0.15, -0.1) is 0 Å². The zero-order valence-electron chi connectivity index (χ0n) is 4.13. The molecule has 0 aliphatic heterocycles. The van der Waals surface area contributed by atoms with Crippen LogP contribution in [0.3, 0.4) is 0 Å². The third kappa shape index (κ3) is 1.52. The van der Waals surface area contributed by atoms with Gasteiger partial charge in [-0.3, -0.25) is 0 Å². The molecule has 0 bridgehead atoms. The van der Waals surface area contributed by atoms with Crippen molar-refractivity contribution >= 4 is 28.0 Å². The Morgan fingerprint density at radius 3 is 2.50 bits per heavy atom. The Morgan fingerprint density at radius 2 is 2.12 bits per heavy atom. The van der Waals surface area contributed by atoms with Gasteiger partial charge in [0.05, 0.1) is 0 Å². The van der Waals surface area contributed by atoms with E-state index in [0.29, 0.717) is 0 Å². The van der Waals surface area contributed by atoms with Crippen molar-refractivity contribution in [2.75, 3.05) is 0 Å². The molecule has 0 fully saturated rings. The zero-order valence-corrected chi connectivity index (χ0v) is 7.61. The van der Waals surface area contributed by atoms with Gasteiger partial charge < -0.3 is 0 Å². The predicted molar refractivity (Wildman–Crippen MR) is 31.8 cm³/mol. The van der Waals surface area contributed by atoms with Crippen molar-refractivity contribution in [2.45, 2.75) is 0 Å². The van der Waals surface area contributed by atoms with Gasteiger partial charge >= 0.3 is 62.5 Å². The zero-order chi connectivity index (χ0) is 5.98. The molecular formula is C6H4BiF. The van der Waals surface area contributed by atoms with Crippen molar-refractivity contribution in [3.8, 4) is 0 Å². The Kier molecular flexibility index (Phi) is 1.96. The van der Waals surface area contributed by atoms with Crippen LogP contribution in [0.1, 0.15) is 0 Å². The molecule has 0 nitrogen and oxygen atoms in total. The summed E-state index contributed by atoms with van der Waals surface area (Å²) in [6.07, 6.45) is 0. The molecule has 0 unspecified atom stereocenters. The molecule has 0 aliphatic rings. The molecule has 0 atom stereocenters. The predicted octanol–water partition coefficient (Wildman–Crippen LogP) is 0.620. The van der Waals surface area contributed by atoms with Gasteiger partial charge in [0.25, 0.3) is 0 Å². The molecule has 0 aromatic heterocycles. The van der Waals surface area contributed by atoms with E-state index >= 15 is 0 Å². The van der Waals surface area contributed by atoms with E-state index in [9.17, 15) is 4.39 Å². The molecule has 1 rings (SSSR count). The standard InChI is InChI=1S/C6H4F.Bi/c7-6-4-2-1-3-5-6;/h1-2,4-5H;. The average Bonchev–Trinajstić information content (AvgIpc) is 1.64. The van der Waals surface area contributed by atoms with Crippen molar-refractivity contribution in [1.82, 2.24) is 0 Å². The van der Waals surface area contributed by atoms with E-state index in [2.05, 4.69) is 0 Å². The van der Waals surface area contributed by atoms with Crippen LogP contribution in [0.15, 0.2) is 24.3 Å². The summed E-state index contributed by atoms with van der Waals surface area (Å²) < 4.78 is 13.3. The maximum atomic E-state index is 12.2. The number of hydrogen-bond donors (Lipinski definition) is 0. The number of benzene rings is 1. The molecule has 0 saturated heterocycles. The van der Waals surface area contributed by atoms with E-state index in [1.807, 2.05) is 6.07 Å². The summed E-state index contributed by atoms with van der Waals surface area (Å²) in [4.78, 5) is 0. The minimum atomic E-state index is -0.134. The van der Waals surface area contributed by atoms with E-state index in [1.54, 1.807) is 12.1 Å². The van der Waals surface area contributed by atoms with Gasteiger partial charge in [-0.1, -0.05) is 0 Å². The number of rotatable bonds is 0. The summed E-state index contributed by atoms with van der Waals surface area (Å²) in [5.41, 5.74) is 0. The molecule has 0 amide bonds. The van der Waals surface area contributed by atoms with Crippen LogP contribution in [-0.2, 0) is 0 Å². The fraction of sp³-hybridized carbons (Fsp3) is 0. The van der Waals surface area contributed by atoms with Gasteiger partial charge in [0.15, 0.2) is 0 Å². The Morgan fingerprint density at radius 1 is 1.38 bits per heavy atom. The molecule has 8 heavy (non-hydrogen) atoms. The fourth-order valence-corrected chi connectivity index (χ4v) is 1.29. The first-order valence-electron chi connectivity index (χ1n) is 2.23. The molecule has 0 aliphatic carbocycles. The molecule has 0 N–H and O–H groups in total. The van der Waals surface area contributed by atoms with Gasteiger partial charge in [0.1, 0.15) is 0 Å². The molecule has 0 saturated carbocycles. The van der Waals surface area contributed by atoms with Crippen molar-refractivity contribution < 1.29 is 4.39 Å². The Bertz CT molecular complexity index is 168. The molecule has 2 heteroatoms. The van der Waals surface area contributed by atoms with Crippen LogP contribution in [-0.4, -0.2) is 24.7 Å². The Hall–Kier alpha value is 0.0331. The summed E-state index contributed by atoms with van der Waals surface area (Å²) in [7, 11) is 0. The SMILES string of the molecule is Fc1ccc[c]([Bi])c1. The summed E-state index contributed by atoms with van der Waals surface area (Å²) >= 11 is 1.12.